The van der Waals surface area contributed by atoms with Gasteiger partial charge < -0.3 is 5.21 Å². The average molecular weight is 330 g/mol. The molecule has 1 aromatic heterocycles. The van der Waals surface area contributed by atoms with Gasteiger partial charge in [-0.2, -0.15) is 5.06 Å². The van der Waals surface area contributed by atoms with E-state index < -0.39 is 0 Å². The van der Waals surface area contributed by atoms with Crippen molar-refractivity contribution in [3.05, 3.63) is 102 Å². The van der Waals surface area contributed by atoms with Gasteiger partial charge in [-0.3, -0.25) is 4.98 Å². The minimum Gasteiger partial charge on any atom is -0.313 e. The van der Waals surface area contributed by atoms with Gasteiger partial charge in [-0.15, -0.1) is 0 Å². The summed E-state index contributed by atoms with van der Waals surface area (Å²) in [6.45, 7) is 0. The second-order valence-corrected chi connectivity index (χ2v) is 6.66. The fraction of sp³-hybridized carbons (Fsp3) is 0.227. The maximum absolute atomic E-state index is 11.0. The highest BCUT2D eigenvalue weighted by molar-refractivity contribution is 5.26. The molecule has 3 heteroatoms. The topological polar surface area (TPSA) is 36.4 Å². The first-order valence-electron chi connectivity index (χ1n) is 8.81. The fourth-order valence-electron chi connectivity index (χ4n) is 3.86. The monoisotopic (exact) mass is 330 g/mol. The number of hydroxylamine groups is 2. The third-order valence-corrected chi connectivity index (χ3v) is 5.13. The number of benzene rings is 2. The molecular weight excluding hydrogens is 308 g/mol. The van der Waals surface area contributed by atoms with Crippen molar-refractivity contribution in [3.8, 4) is 0 Å². The molecule has 3 atom stereocenters. The first kappa shape index (κ1) is 16.0. The van der Waals surface area contributed by atoms with Crippen molar-refractivity contribution < 1.29 is 5.21 Å². The predicted octanol–water partition coefficient (Wildman–Crippen LogP) is 5.13. The molecule has 4 rings (SSSR count). The Morgan fingerprint density at radius 3 is 1.72 bits per heavy atom. The van der Waals surface area contributed by atoms with E-state index in [-0.39, 0.29) is 12.1 Å². The van der Waals surface area contributed by atoms with Crippen LogP contribution in [0, 0.1) is 0 Å². The number of hydrogen-bond donors (Lipinski definition) is 1. The first-order valence-corrected chi connectivity index (χ1v) is 8.81. The van der Waals surface area contributed by atoms with Crippen molar-refractivity contribution in [3.63, 3.8) is 0 Å². The third-order valence-electron chi connectivity index (χ3n) is 5.13. The minimum absolute atomic E-state index is 0.0350. The van der Waals surface area contributed by atoms with E-state index in [1.54, 1.807) is 5.06 Å². The zero-order valence-corrected chi connectivity index (χ0v) is 14.1. The maximum Gasteiger partial charge on any atom is 0.0612 e. The van der Waals surface area contributed by atoms with E-state index in [2.05, 4.69) is 35.3 Å². The summed E-state index contributed by atoms with van der Waals surface area (Å²) in [7, 11) is 0. The number of piperidine rings is 1. The molecule has 3 nitrogen and oxygen atoms in total. The van der Waals surface area contributed by atoms with Crippen molar-refractivity contribution in [2.24, 2.45) is 0 Å². The van der Waals surface area contributed by atoms with Crippen molar-refractivity contribution in [1.82, 2.24) is 10.0 Å². The van der Waals surface area contributed by atoms with Crippen LogP contribution in [-0.2, 0) is 0 Å². The quantitative estimate of drug-likeness (QED) is 0.723. The Hall–Kier alpha value is -2.49. The van der Waals surface area contributed by atoms with Crippen molar-refractivity contribution in [2.45, 2.75) is 30.8 Å². The molecule has 0 aliphatic carbocycles. The molecule has 0 amide bonds. The minimum atomic E-state index is -0.0350. The molecule has 0 bridgehead atoms. The smallest absolute Gasteiger partial charge is 0.0612 e. The van der Waals surface area contributed by atoms with Gasteiger partial charge in [0.25, 0.3) is 0 Å². The largest absolute Gasteiger partial charge is 0.313 e. The molecule has 1 saturated heterocycles. The van der Waals surface area contributed by atoms with E-state index in [9.17, 15) is 5.21 Å². The van der Waals surface area contributed by atoms with Crippen LogP contribution in [0.25, 0.3) is 0 Å². The Kier molecular flexibility index (Phi) is 4.59. The van der Waals surface area contributed by atoms with Gasteiger partial charge in [-0.25, -0.2) is 0 Å². The van der Waals surface area contributed by atoms with E-state index in [1.165, 1.54) is 0 Å². The van der Waals surface area contributed by atoms with Crippen LogP contribution in [0.4, 0.5) is 0 Å². The molecule has 1 fully saturated rings. The molecule has 2 heterocycles. The standard InChI is InChI=1S/C22H22N2O/c25-24-21(17-9-3-1-4-10-17)15-19(20-13-7-8-14-23-20)16-22(24)18-11-5-2-6-12-18/h1-14,19,21-22,25H,15-16H2/t19?,21-,22+. The summed E-state index contributed by atoms with van der Waals surface area (Å²) in [4.78, 5) is 4.58. The van der Waals surface area contributed by atoms with E-state index in [1.807, 2.05) is 54.7 Å². The highest BCUT2D eigenvalue weighted by Crippen LogP contribution is 2.46. The number of rotatable bonds is 3. The van der Waals surface area contributed by atoms with E-state index >= 15 is 0 Å². The fourth-order valence-corrected chi connectivity index (χ4v) is 3.86. The Morgan fingerprint density at radius 2 is 1.24 bits per heavy atom. The molecule has 1 aliphatic heterocycles. The molecule has 1 N–H and O–H groups in total. The van der Waals surface area contributed by atoms with Crippen LogP contribution in [0.3, 0.4) is 0 Å². The van der Waals surface area contributed by atoms with Crippen molar-refractivity contribution in [2.75, 3.05) is 0 Å². The zero-order valence-electron chi connectivity index (χ0n) is 14.1. The summed E-state index contributed by atoms with van der Waals surface area (Å²) in [5.74, 6) is 0.319. The highest BCUT2D eigenvalue weighted by Gasteiger charge is 2.37. The van der Waals surface area contributed by atoms with Gasteiger partial charge in [0.2, 0.25) is 0 Å². The Bertz CT molecular complexity index is 743. The van der Waals surface area contributed by atoms with Gasteiger partial charge >= 0.3 is 0 Å². The summed E-state index contributed by atoms with van der Waals surface area (Å²) in [6, 6.07) is 26.6. The molecule has 0 spiro atoms. The number of hydrogen-bond acceptors (Lipinski definition) is 3. The van der Waals surface area contributed by atoms with Crippen LogP contribution >= 0.6 is 0 Å². The summed E-state index contributed by atoms with van der Waals surface area (Å²) < 4.78 is 0. The molecule has 1 aliphatic rings. The number of aromatic nitrogens is 1. The van der Waals surface area contributed by atoms with Crippen LogP contribution < -0.4 is 0 Å². The van der Waals surface area contributed by atoms with Gasteiger partial charge in [-0.05, 0) is 36.1 Å². The molecule has 0 radical (unpaired) electrons. The number of pyridine rings is 1. The van der Waals surface area contributed by atoms with Gasteiger partial charge in [0.1, 0.15) is 0 Å². The van der Waals surface area contributed by atoms with Gasteiger partial charge in [0, 0.05) is 17.8 Å². The van der Waals surface area contributed by atoms with Gasteiger partial charge in [0.05, 0.1) is 12.1 Å². The second-order valence-electron chi connectivity index (χ2n) is 6.66. The van der Waals surface area contributed by atoms with Crippen LogP contribution in [0.5, 0.6) is 0 Å². The van der Waals surface area contributed by atoms with Crippen LogP contribution in [0.1, 0.15) is 47.7 Å². The lowest BCUT2D eigenvalue weighted by molar-refractivity contribution is -0.185. The Morgan fingerprint density at radius 1 is 0.720 bits per heavy atom. The van der Waals surface area contributed by atoms with Crippen molar-refractivity contribution >= 4 is 0 Å². The SMILES string of the molecule is ON1[C@@H](c2ccccc2)CC(c2ccccn2)C[C@H]1c1ccccc1. The third kappa shape index (κ3) is 3.34. The second kappa shape index (κ2) is 7.18. The predicted molar refractivity (Wildman–Crippen MR) is 98.2 cm³/mol. The summed E-state index contributed by atoms with van der Waals surface area (Å²) in [5.41, 5.74) is 3.40. The van der Waals surface area contributed by atoms with Gasteiger partial charge in [-0.1, -0.05) is 66.7 Å². The van der Waals surface area contributed by atoms with Crippen LogP contribution in [0.15, 0.2) is 85.1 Å². The first-order chi connectivity index (χ1) is 12.3. The molecule has 25 heavy (non-hydrogen) atoms. The zero-order chi connectivity index (χ0) is 17.1. The van der Waals surface area contributed by atoms with E-state index in [0.717, 1.165) is 29.7 Å². The Labute approximate surface area is 148 Å². The molecule has 2 aromatic carbocycles. The summed E-state index contributed by atoms with van der Waals surface area (Å²) >= 11 is 0. The normalized spacial score (nSPS) is 24.1. The number of nitrogens with zero attached hydrogens (tertiary/aromatic N) is 2. The summed E-state index contributed by atoms with van der Waals surface area (Å²) in [5, 5.41) is 12.6. The lowest BCUT2D eigenvalue weighted by Gasteiger charge is -2.41. The van der Waals surface area contributed by atoms with Gasteiger partial charge in [0.15, 0.2) is 0 Å². The van der Waals surface area contributed by atoms with E-state index in [0.29, 0.717) is 5.92 Å². The summed E-state index contributed by atoms with van der Waals surface area (Å²) in [6.07, 6.45) is 3.58. The molecular formula is C22H22N2O. The lowest BCUT2D eigenvalue weighted by atomic mass is 9.80. The molecule has 0 saturated carbocycles. The lowest BCUT2D eigenvalue weighted by Crippen LogP contribution is -2.36. The Balaban J connectivity index is 1.72. The molecule has 1 unspecified atom stereocenters. The maximum atomic E-state index is 11.0. The van der Waals surface area contributed by atoms with Crippen LogP contribution in [-0.4, -0.2) is 15.3 Å². The molecule has 126 valence electrons. The highest BCUT2D eigenvalue weighted by atomic mass is 16.5. The van der Waals surface area contributed by atoms with Crippen LogP contribution in [0.2, 0.25) is 0 Å². The molecule has 3 aromatic rings. The van der Waals surface area contributed by atoms with Crippen molar-refractivity contribution in [1.29, 1.82) is 0 Å². The van der Waals surface area contributed by atoms with E-state index in [4.69, 9.17) is 0 Å². The average Bonchev–Trinajstić information content (AvgIpc) is 2.70.